The molecule has 0 aliphatic heterocycles. The molecule has 7 heteroatoms. The predicted octanol–water partition coefficient (Wildman–Crippen LogP) is 4.07. The molecule has 1 atom stereocenters. The number of carbonyl (C=O) groups excluding carboxylic acids is 2. The minimum absolute atomic E-state index is 0.107. The van der Waals surface area contributed by atoms with Crippen LogP contribution in [0.3, 0.4) is 0 Å². The van der Waals surface area contributed by atoms with Crippen molar-refractivity contribution in [3.8, 4) is 5.75 Å². The highest BCUT2D eigenvalue weighted by molar-refractivity contribution is 9.10. The molecule has 0 saturated carbocycles. The van der Waals surface area contributed by atoms with E-state index in [1.807, 2.05) is 32.0 Å². The van der Waals surface area contributed by atoms with Gasteiger partial charge in [0.25, 0.3) is 5.91 Å². The first-order valence-electron chi connectivity index (χ1n) is 8.41. The van der Waals surface area contributed by atoms with Gasteiger partial charge in [-0.25, -0.2) is 4.39 Å². The first-order valence-corrected chi connectivity index (χ1v) is 9.21. The minimum atomic E-state index is -0.828. The van der Waals surface area contributed by atoms with E-state index in [0.717, 1.165) is 16.8 Å². The quantitative estimate of drug-likeness (QED) is 0.742. The van der Waals surface area contributed by atoms with Gasteiger partial charge in [-0.1, -0.05) is 12.1 Å². The van der Waals surface area contributed by atoms with Crippen LogP contribution < -0.4 is 10.1 Å². The van der Waals surface area contributed by atoms with Crippen LogP contribution in [-0.2, 0) is 9.59 Å². The van der Waals surface area contributed by atoms with Gasteiger partial charge in [0.15, 0.2) is 6.10 Å². The summed E-state index contributed by atoms with van der Waals surface area (Å²) in [7, 11) is 1.53. The SMILES string of the molecule is Cc1cccc(NC(=O)CN(C)C(=O)C(C)Oc2ccc(F)cc2Br)c1C. The number of rotatable bonds is 6. The number of hydrogen-bond acceptors (Lipinski definition) is 3. The smallest absolute Gasteiger partial charge is 0.263 e. The number of benzene rings is 2. The van der Waals surface area contributed by atoms with E-state index in [1.54, 1.807) is 6.92 Å². The largest absolute Gasteiger partial charge is 0.480 e. The first kappa shape index (κ1) is 20.9. The molecular formula is C20H22BrFN2O3. The molecule has 0 aliphatic rings. The minimum Gasteiger partial charge on any atom is -0.480 e. The van der Waals surface area contributed by atoms with Crippen molar-refractivity contribution in [2.45, 2.75) is 26.9 Å². The molecule has 0 bridgehead atoms. The van der Waals surface area contributed by atoms with Crippen LogP contribution in [-0.4, -0.2) is 36.4 Å². The van der Waals surface area contributed by atoms with E-state index in [9.17, 15) is 14.0 Å². The maximum Gasteiger partial charge on any atom is 0.263 e. The number of amides is 2. The standard InChI is InChI=1S/C20H22BrFN2O3/c1-12-6-5-7-17(13(12)2)23-19(25)11-24(4)20(26)14(3)27-18-9-8-15(22)10-16(18)21/h5-10,14H,11H2,1-4H3,(H,23,25). The van der Waals surface area contributed by atoms with E-state index in [4.69, 9.17) is 4.74 Å². The number of nitrogens with zero attached hydrogens (tertiary/aromatic N) is 1. The Labute approximate surface area is 166 Å². The third-order valence-electron chi connectivity index (χ3n) is 4.18. The Hall–Kier alpha value is -2.41. The summed E-state index contributed by atoms with van der Waals surface area (Å²) in [6, 6.07) is 9.60. The van der Waals surface area contributed by atoms with E-state index in [1.165, 1.54) is 30.1 Å². The van der Waals surface area contributed by atoms with Crippen LogP contribution in [0.1, 0.15) is 18.1 Å². The van der Waals surface area contributed by atoms with Crippen LogP contribution in [0.25, 0.3) is 0 Å². The number of hydrogen-bond donors (Lipinski definition) is 1. The summed E-state index contributed by atoms with van der Waals surface area (Å²) in [5, 5.41) is 2.82. The fraction of sp³-hybridized carbons (Fsp3) is 0.300. The molecular weight excluding hydrogens is 415 g/mol. The van der Waals surface area contributed by atoms with Crippen molar-refractivity contribution in [3.63, 3.8) is 0 Å². The van der Waals surface area contributed by atoms with Gasteiger partial charge in [0.2, 0.25) is 5.91 Å². The average Bonchev–Trinajstić information content (AvgIpc) is 2.60. The van der Waals surface area contributed by atoms with Gasteiger partial charge in [-0.2, -0.15) is 0 Å². The van der Waals surface area contributed by atoms with Crippen molar-refractivity contribution in [2.75, 3.05) is 18.9 Å². The van der Waals surface area contributed by atoms with Crippen LogP contribution in [0.5, 0.6) is 5.75 Å². The predicted molar refractivity (Wildman–Crippen MR) is 106 cm³/mol. The number of halogens is 2. The van der Waals surface area contributed by atoms with Gasteiger partial charge in [-0.3, -0.25) is 9.59 Å². The van der Waals surface area contributed by atoms with Crippen molar-refractivity contribution in [1.29, 1.82) is 0 Å². The van der Waals surface area contributed by atoms with Crippen LogP contribution in [0.15, 0.2) is 40.9 Å². The fourth-order valence-electron chi connectivity index (χ4n) is 2.49. The zero-order valence-corrected chi connectivity index (χ0v) is 17.3. The number of anilines is 1. The first-order chi connectivity index (χ1) is 12.7. The molecule has 144 valence electrons. The molecule has 0 aliphatic carbocycles. The van der Waals surface area contributed by atoms with Gasteiger partial charge in [0, 0.05) is 12.7 Å². The summed E-state index contributed by atoms with van der Waals surface area (Å²) in [5.74, 6) is -0.712. The van der Waals surface area contributed by atoms with E-state index >= 15 is 0 Å². The molecule has 0 radical (unpaired) electrons. The molecule has 2 aromatic rings. The molecule has 0 aromatic heterocycles. The maximum atomic E-state index is 13.1. The zero-order valence-electron chi connectivity index (χ0n) is 15.7. The number of nitrogens with one attached hydrogen (secondary N) is 1. The van der Waals surface area contributed by atoms with Gasteiger partial charge < -0.3 is 15.0 Å². The Balaban J connectivity index is 1.95. The molecule has 2 aromatic carbocycles. The van der Waals surface area contributed by atoms with Crippen LogP contribution in [0.4, 0.5) is 10.1 Å². The highest BCUT2D eigenvalue weighted by Gasteiger charge is 2.22. The zero-order chi connectivity index (χ0) is 20.1. The molecule has 1 unspecified atom stereocenters. The lowest BCUT2D eigenvalue weighted by Crippen LogP contribution is -2.42. The Morgan fingerprint density at radius 2 is 1.96 bits per heavy atom. The highest BCUT2D eigenvalue weighted by atomic mass is 79.9. The molecule has 5 nitrogen and oxygen atoms in total. The van der Waals surface area contributed by atoms with Crippen molar-refractivity contribution in [2.24, 2.45) is 0 Å². The van der Waals surface area contributed by atoms with Gasteiger partial charge in [0.1, 0.15) is 11.6 Å². The fourth-order valence-corrected chi connectivity index (χ4v) is 2.94. The van der Waals surface area contributed by atoms with Crippen LogP contribution in [0, 0.1) is 19.7 Å². The lowest BCUT2D eigenvalue weighted by atomic mass is 10.1. The Kier molecular flexibility index (Phi) is 6.96. The Bertz CT molecular complexity index is 857. The number of carbonyl (C=O) groups is 2. The second-order valence-corrected chi connectivity index (χ2v) is 7.18. The molecule has 0 heterocycles. The molecule has 27 heavy (non-hydrogen) atoms. The normalized spacial score (nSPS) is 11.6. The van der Waals surface area contributed by atoms with E-state index in [0.29, 0.717) is 10.2 Å². The topological polar surface area (TPSA) is 58.6 Å². The lowest BCUT2D eigenvalue weighted by Gasteiger charge is -2.22. The summed E-state index contributed by atoms with van der Waals surface area (Å²) < 4.78 is 19.1. The lowest BCUT2D eigenvalue weighted by molar-refractivity contribution is -0.139. The van der Waals surface area contributed by atoms with Crippen LogP contribution >= 0.6 is 15.9 Å². The Morgan fingerprint density at radius 1 is 1.26 bits per heavy atom. The number of likely N-dealkylation sites (N-methyl/N-ethyl adjacent to an activating group) is 1. The van der Waals surface area contributed by atoms with Gasteiger partial charge in [0.05, 0.1) is 11.0 Å². The summed E-state index contributed by atoms with van der Waals surface area (Å²) in [6.45, 7) is 5.37. The molecule has 2 amide bonds. The summed E-state index contributed by atoms with van der Waals surface area (Å²) in [6.07, 6.45) is -0.828. The Morgan fingerprint density at radius 3 is 2.63 bits per heavy atom. The summed E-state index contributed by atoms with van der Waals surface area (Å²) in [5.41, 5.74) is 2.78. The molecule has 1 N–H and O–H groups in total. The second-order valence-electron chi connectivity index (χ2n) is 6.32. The summed E-state index contributed by atoms with van der Waals surface area (Å²) in [4.78, 5) is 26.0. The maximum absolute atomic E-state index is 13.1. The third kappa shape index (κ3) is 5.53. The summed E-state index contributed by atoms with van der Waals surface area (Å²) >= 11 is 3.20. The third-order valence-corrected chi connectivity index (χ3v) is 4.80. The van der Waals surface area contributed by atoms with E-state index in [2.05, 4.69) is 21.2 Å². The average molecular weight is 437 g/mol. The molecule has 0 fully saturated rings. The van der Waals surface area contributed by atoms with Crippen molar-refractivity contribution in [1.82, 2.24) is 4.90 Å². The van der Waals surface area contributed by atoms with Crippen molar-refractivity contribution < 1.29 is 18.7 Å². The number of aryl methyl sites for hydroxylation is 1. The second kappa shape index (κ2) is 8.99. The van der Waals surface area contributed by atoms with E-state index in [-0.39, 0.29) is 18.4 Å². The van der Waals surface area contributed by atoms with Crippen LogP contribution in [0.2, 0.25) is 0 Å². The molecule has 2 rings (SSSR count). The highest BCUT2D eigenvalue weighted by Crippen LogP contribution is 2.26. The van der Waals surface area contributed by atoms with Crippen molar-refractivity contribution in [3.05, 3.63) is 57.8 Å². The molecule has 0 spiro atoms. The van der Waals surface area contributed by atoms with E-state index < -0.39 is 11.9 Å². The van der Waals surface area contributed by atoms with Gasteiger partial charge in [-0.05, 0) is 72.1 Å². The number of ether oxygens (including phenoxy) is 1. The monoisotopic (exact) mass is 436 g/mol. The van der Waals surface area contributed by atoms with Crippen molar-refractivity contribution >= 4 is 33.4 Å². The molecule has 0 saturated heterocycles. The van der Waals surface area contributed by atoms with Gasteiger partial charge in [-0.15, -0.1) is 0 Å². The van der Waals surface area contributed by atoms with Gasteiger partial charge >= 0.3 is 0 Å².